The van der Waals surface area contributed by atoms with E-state index in [-0.39, 0.29) is 5.41 Å². The fourth-order valence-corrected chi connectivity index (χ4v) is 5.64. The maximum absolute atomic E-state index is 11.7. The lowest BCUT2D eigenvalue weighted by molar-refractivity contribution is 0.112. The van der Waals surface area contributed by atoms with Crippen LogP contribution < -0.4 is 14.2 Å². The summed E-state index contributed by atoms with van der Waals surface area (Å²) >= 11 is 0. The largest absolute Gasteiger partial charge is 0.493 e. The highest BCUT2D eigenvalue weighted by molar-refractivity contribution is 7.90. The number of benzene rings is 1. The average molecular weight is 413 g/mol. The highest BCUT2D eigenvalue weighted by atomic mass is 32.2. The van der Waals surface area contributed by atoms with E-state index in [1.165, 1.54) is 6.26 Å². The SMILES string of the molecule is COc1cc(CN2CCN(CC3(CS(C)(=O)=O)CC3)CC2)cc(OC)c1OC. The normalized spacial score (nSPS) is 20.0. The molecule has 0 spiro atoms. The van der Waals surface area contributed by atoms with Gasteiger partial charge in [0.1, 0.15) is 9.84 Å². The van der Waals surface area contributed by atoms with Gasteiger partial charge in [-0.25, -0.2) is 8.42 Å². The highest BCUT2D eigenvalue weighted by Gasteiger charge is 2.46. The van der Waals surface area contributed by atoms with Gasteiger partial charge in [-0.3, -0.25) is 4.90 Å². The van der Waals surface area contributed by atoms with Gasteiger partial charge in [0.25, 0.3) is 0 Å². The van der Waals surface area contributed by atoms with Crippen molar-refractivity contribution in [3.63, 3.8) is 0 Å². The predicted octanol–water partition coefficient (Wildman–Crippen LogP) is 1.65. The second-order valence-corrected chi connectivity index (χ2v) is 10.3. The first-order valence-electron chi connectivity index (χ1n) is 9.69. The summed E-state index contributed by atoms with van der Waals surface area (Å²) in [5, 5.41) is 0. The summed E-state index contributed by atoms with van der Waals surface area (Å²) in [5.74, 6) is 2.28. The van der Waals surface area contributed by atoms with Gasteiger partial charge in [-0.2, -0.15) is 0 Å². The van der Waals surface area contributed by atoms with Crippen molar-refractivity contribution in [1.82, 2.24) is 9.80 Å². The van der Waals surface area contributed by atoms with Crippen molar-refractivity contribution in [2.24, 2.45) is 5.41 Å². The first-order chi connectivity index (χ1) is 13.3. The van der Waals surface area contributed by atoms with Crippen LogP contribution in [0.25, 0.3) is 0 Å². The van der Waals surface area contributed by atoms with Gasteiger partial charge in [0.05, 0.1) is 27.1 Å². The molecule has 1 aromatic rings. The Morgan fingerprint density at radius 3 is 1.89 bits per heavy atom. The molecular formula is C20H32N2O5S. The summed E-state index contributed by atoms with van der Waals surface area (Å²) in [6, 6.07) is 4.00. The predicted molar refractivity (Wildman–Crippen MR) is 109 cm³/mol. The standard InChI is InChI=1S/C20H32N2O5S/c1-25-17-11-16(12-18(26-2)19(17)27-3)13-21-7-9-22(10-8-21)14-20(5-6-20)15-28(4,23)24/h11-12H,5-10,13-15H2,1-4H3. The Balaban J connectivity index is 1.56. The van der Waals surface area contributed by atoms with Crippen molar-refractivity contribution >= 4 is 9.84 Å². The molecule has 0 radical (unpaired) electrons. The first kappa shape index (κ1) is 21.2. The molecule has 1 aromatic carbocycles. The van der Waals surface area contributed by atoms with E-state index in [1.54, 1.807) is 21.3 Å². The number of methoxy groups -OCH3 is 3. The van der Waals surface area contributed by atoms with E-state index < -0.39 is 9.84 Å². The summed E-state index contributed by atoms with van der Waals surface area (Å²) in [5.41, 5.74) is 1.13. The number of sulfone groups is 1. The Hall–Kier alpha value is -1.51. The summed E-state index contributed by atoms with van der Waals surface area (Å²) < 4.78 is 39.6. The van der Waals surface area contributed by atoms with Crippen LogP contribution >= 0.6 is 0 Å². The van der Waals surface area contributed by atoms with E-state index >= 15 is 0 Å². The molecule has 1 saturated heterocycles. The zero-order valence-corrected chi connectivity index (χ0v) is 18.2. The minimum absolute atomic E-state index is 0.00642. The van der Waals surface area contributed by atoms with Gasteiger partial charge in [0.2, 0.25) is 5.75 Å². The van der Waals surface area contributed by atoms with Gasteiger partial charge in [-0.05, 0) is 36.0 Å². The van der Waals surface area contributed by atoms with Crippen molar-refractivity contribution in [2.45, 2.75) is 19.4 Å². The average Bonchev–Trinajstić information content (AvgIpc) is 3.39. The molecular weight excluding hydrogens is 380 g/mol. The summed E-state index contributed by atoms with van der Waals surface area (Å²) in [4.78, 5) is 4.83. The van der Waals surface area contributed by atoms with Crippen molar-refractivity contribution in [3.8, 4) is 17.2 Å². The van der Waals surface area contributed by atoms with Crippen molar-refractivity contribution in [1.29, 1.82) is 0 Å². The Morgan fingerprint density at radius 1 is 0.929 bits per heavy atom. The fraction of sp³-hybridized carbons (Fsp3) is 0.700. The lowest BCUT2D eigenvalue weighted by Crippen LogP contribution is -2.48. The minimum atomic E-state index is -2.91. The molecule has 0 amide bonds. The summed E-state index contributed by atoms with van der Waals surface area (Å²) in [7, 11) is 1.95. The van der Waals surface area contributed by atoms with E-state index in [9.17, 15) is 8.42 Å². The minimum Gasteiger partial charge on any atom is -0.493 e. The van der Waals surface area contributed by atoms with Crippen LogP contribution in [0.3, 0.4) is 0 Å². The van der Waals surface area contributed by atoms with Crippen LogP contribution in [0.5, 0.6) is 17.2 Å². The summed E-state index contributed by atoms with van der Waals surface area (Å²) in [6.07, 6.45) is 3.42. The van der Waals surface area contributed by atoms with E-state index in [0.717, 1.165) is 57.7 Å². The molecule has 28 heavy (non-hydrogen) atoms. The third-order valence-corrected chi connectivity index (χ3v) is 6.82. The maximum atomic E-state index is 11.7. The van der Waals surface area contributed by atoms with Crippen LogP contribution in [0.4, 0.5) is 0 Å². The van der Waals surface area contributed by atoms with E-state index in [0.29, 0.717) is 23.0 Å². The molecule has 0 bridgehead atoms. The van der Waals surface area contributed by atoms with Crippen LogP contribution in [0.15, 0.2) is 12.1 Å². The zero-order valence-electron chi connectivity index (χ0n) is 17.4. The lowest BCUT2D eigenvalue weighted by atomic mass is 10.1. The van der Waals surface area contributed by atoms with E-state index in [4.69, 9.17) is 14.2 Å². The molecule has 1 saturated carbocycles. The summed E-state index contributed by atoms with van der Waals surface area (Å²) in [6.45, 7) is 5.58. The highest BCUT2D eigenvalue weighted by Crippen LogP contribution is 2.47. The van der Waals surface area contributed by atoms with E-state index in [2.05, 4.69) is 9.80 Å². The Labute approximate surface area is 168 Å². The molecule has 3 rings (SSSR count). The van der Waals surface area contributed by atoms with Crippen LogP contribution in [0.1, 0.15) is 18.4 Å². The monoisotopic (exact) mass is 412 g/mol. The molecule has 0 unspecified atom stereocenters. The number of rotatable bonds is 9. The third-order valence-electron chi connectivity index (χ3n) is 5.68. The van der Waals surface area contributed by atoms with E-state index in [1.807, 2.05) is 12.1 Å². The molecule has 158 valence electrons. The second kappa shape index (κ2) is 8.47. The molecule has 1 heterocycles. The quantitative estimate of drug-likeness (QED) is 0.611. The topological polar surface area (TPSA) is 68.3 Å². The smallest absolute Gasteiger partial charge is 0.203 e. The molecule has 2 fully saturated rings. The molecule has 0 atom stereocenters. The Bertz CT molecular complexity index is 759. The molecule has 7 nitrogen and oxygen atoms in total. The molecule has 8 heteroatoms. The maximum Gasteiger partial charge on any atom is 0.203 e. The zero-order chi connectivity index (χ0) is 20.4. The van der Waals surface area contributed by atoms with Gasteiger partial charge in [0.15, 0.2) is 11.5 Å². The number of hydrogen-bond donors (Lipinski definition) is 0. The van der Waals surface area contributed by atoms with Crippen LogP contribution in [0, 0.1) is 5.41 Å². The molecule has 0 aromatic heterocycles. The number of nitrogens with zero attached hydrogens (tertiary/aromatic N) is 2. The van der Waals surface area contributed by atoms with Crippen LogP contribution in [0.2, 0.25) is 0 Å². The fourth-order valence-electron chi connectivity index (χ4n) is 4.15. The van der Waals surface area contributed by atoms with Gasteiger partial charge in [-0.1, -0.05) is 0 Å². The van der Waals surface area contributed by atoms with Crippen LogP contribution in [-0.4, -0.2) is 84.3 Å². The number of ether oxygens (including phenoxy) is 3. The molecule has 2 aliphatic rings. The number of hydrogen-bond acceptors (Lipinski definition) is 7. The Morgan fingerprint density at radius 2 is 1.46 bits per heavy atom. The van der Waals surface area contributed by atoms with Crippen LogP contribution in [-0.2, 0) is 16.4 Å². The van der Waals surface area contributed by atoms with Crippen molar-refractivity contribution < 1.29 is 22.6 Å². The lowest BCUT2D eigenvalue weighted by Gasteiger charge is -2.36. The molecule has 1 aliphatic heterocycles. The second-order valence-electron chi connectivity index (χ2n) is 8.16. The van der Waals surface area contributed by atoms with Crippen molar-refractivity contribution in [2.75, 3.05) is 66.1 Å². The van der Waals surface area contributed by atoms with Gasteiger partial charge in [-0.15, -0.1) is 0 Å². The van der Waals surface area contributed by atoms with Gasteiger partial charge < -0.3 is 19.1 Å². The number of piperazine rings is 1. The Kier molecular flexibility index (Phi) is 6.41. The van der Waals surface area contributed by atoms with Crippen molar-refractivity contribution in [3.05, 3.63) is 17.7 Å². The third kappa shape index (κ3) is 5.30. The first-order valence-corrected chi connectivity index (χ1v) is 11.7. The van der Waals surface area contributed by atoms with Gasteiger partial charge in [0, 0.05) is 45.5 Å². The molecule has 0 N–H and O–H groups in total. The molecule has 1 aliphatic carbocycles. The van der Waals surface area contributed by atoms with Gasteiger partial charge >= 0.3 is 0 Å².